The van der Waals surface area contributed by atoms with E-state index in [1.54, 1.807) is 7.11 Å². The van der Waals surface area contributed by atoms with Crippen LogP contribution < -0.4 is 10.1 Å². The van der Waals surface area contributed by atoms with Gasteiger partial charge in [-0.2, -0.15) is 0 Å². The maximum Gasteiger partial charge on any atom is 0.118 e. The van der Waals surface area contributed by atoms with Crippen LogP contribution in [0.1, 0.15) is 37.8 Å². The van der Waals surface area contributed by atoms with Crippen LogP contribution in [0.2, 0.25) is 0 Å². The van der Waals surface area contributed by atoms with Crippen molar-refractivity contribution in [2.45, 2.75) is 32.2 Å². The molecule has 0 saturated heterocycles. The van der Waals surface area contributed by atoms with E-state index in [1.807, 2.05) is 19.1 Å². The van der Waals surface area contributed by atoms with Gasteiger partial charge in [-0.1, -0.05) is 12.1 Å². The average molecular weight is 263 g/mol. The molecule has 0 heterocycles. The zero-order valence-corrected chi connectivity index (χ0v) is 12.0. The molecule has 1 N–H and O–H groups in total. The van der Waals surface area contributed by atoms with Crippen LogP contribution in [0.15, 0.2) is 24.3 Å². The molecule has 0 radical (unpaired) electrons. The Morgan fingerprint density at radius 2 is 2.00 bits per heavy atom. The lowest BCUT2D eigenvalue weighted by molar-refractivity contribution is 0.144. The summed E-state index contributed by atoms with van der Waals surface area (Å²) in [6, 6.07) is 8.95. The van der Waals surface area contributed by atoms with E-state index in [9.17, 15) is 0 Å². The number of ether oxygens (including phenoxy) is 2. The lowest BCUT2D eigenvalue weighted by Gasteiger charge is -2.19. The van der Waals surface area contributed by atoms with E-state index in [1.165, 1.54) is 18.4 Å². The largest absolute Gasteiger partial charge is 0.497 e. The third-order valence-corrected chi connectivity index (χ3v) is 3.60. The van der Waals surface area contributed by atoms with Gasteiger partial charge in [0.25, 0.3) is 0 Å². The second-order valence-electron chi connectivity index (χ2n) is 5.09. The summed E-state index contributed by atoms with van der Waals surface area (Å²) in [5.74, 6) is 1.73. The van der Waals surface area contributed by atoms with Crippen LogP contribution in [0.3, 0.4) is 0 Å². The molecule has 0 spiro atoms. The van der Waals surface area contributed by atoms with E-state index < -0.39 is 0 Å². The SMILES string of the molecule is CCOCCCNC(c1ccc(OC)cc1)C1CC1. The molecule has 106 valence electrons. The molecule has 1 atom stereocenters. The lowest BCUT2D eigenvalue weighted by atomic mass is 10.0. The highest BCUT2D eigenvalue weighted by atomic mass is 16.5. The zero-order valence-electron chi connectivity index (χ0n) is 12.0. The van der Waals surface area contributed by atoms with Gasteiger partial charge in [0.05, 0.1) is 7.11 Å². The van der Waals surface area contributed by atoms with E-state index >= 15 is 0 Å². The van der Waals surface area contributed by atoms with Gasteiger partial charge in [-0.05, 0) is 56.3 Å². The normalized spacial score (nSPS) is 16.3. The van der Waals surface area contributed by atoms with E-state index in [0.717, 1.165) is 37.8 Å². The lowest BCUT2D eigenvalue weighted by Crippen LogP contribution is -2.25. The van der Waals surface area contributed by atoms with Gasteiger partial charge in [-0.25, -0.2) is 0 Å². The Hall–Kier alpha value is -1.06. The quantitative estimate of drug-likeness (QED) is 0.694. The standard InChI is InChI=1S/C16H25NO2/c1-3-19-12-4-11-17-16(13-5-6-13)14-7-9-15(18-2)10-8-14/h7-10,13,16-17H,3-6,11-12H2,1-2H3. The Balaban J connectivity index is 1.84. The molecule has 1 unspecified atom stereocenters. The molecule has 1 fully saturated rings. The molecule has 0 aliphatic heterocycles. The van der Waals surface area contributed by atoms with E-state index in [0.29, 0.717) is 6.04 Å². The summed E-state index contributed by atoms with van der Waals surface area (Å²) < 4.78 is 10.6. The van der Waals surface area contributed by atoms with E-state index in [2.05, 4.69) is 17.4 Å². The summed E-state index contributed by atoms with van der Waals surface area (Å²) in [4.78, 5) is 0. The van der Waals surface area contributed by atoms with Crippen LogP contribution in [0.4, 0.5) is 0 Å². The summed E-state index contributed by atoms with van der Waals surface area (Å²) in [5.41, 5.74) is 1.37. The zero-order chi connectivity index (χ0) is 13.5. The van der Waals surface area contributed by atoms with Crippen molar-refractivity contribution in [2.24, 2.45) is 5.92 Å². The first-order chi connectivity index (χ1) is 9.35. The molecule has 19 heavy (non-hydrogen) atoms. The first-order valence-electron chi connectivity index (χ1n) is 7.30. The Morgan fingerprint density at radius 1 is 1.26 bits per heavy atom. The van der Waals surface area contributed by atoms with Crippen molar-refractivity contribution in [1.29, 1.82) is 0 Å². The maximum atomic E-state index is 5.37. The van der Waals surface area contributed by atoms with Crippen molar-refractivity contribution in [3.8, 4) is 5.75 Å². The molecule has 1 aliphatic carbocycles. The smallest absolute Gasteiger partial charge is 0.118 e. The highest BCUT2D eigenvalue weighted by molar-refractivity contribution is 5.30. The number of rotatable bonds is 9. The van der Waals surface area contributed by atoms with Crippen LogP contribution in [0, 0.1) is 5.92 Å². The van der Waals surface area contributed by atoms with Gasteiger partial charge in [0.1, 0.15) is 5.75 Å². The van der Waals surface area contributed by atoms with Crippen molar-refractivity contribution in [2.75, 3.05) is 26.9 Å². The second kappa shape index (κ2) is 7.51. The monoisotopic (exact) mass is 263 g/mol. The summed E-state index contributed by atoms with van der Waals surface area (Å²) in [6.45, 7) is 4.72. The molecule has 1 aromatic rings. The van der Waals surface area contributed by atoms with Gasteiger partial charge < -0.3 is 14.8 Å². The fourth-order valence-electron chi connectivity index (χ4n) is 2.37. The van der Waals surface area contributed by atoms with E-state index in [-0.39, 0.29) is 0 Å². The fourth-order valence-corrected chi connectivity index (χ4v) is 2.37. The van der Waals surface area contributed by atoms with Gasteiger partial charge in [0.15, 0.2) is 0 Å². The first-order valence-corrected chi connectivity index (χ1v) is 7.30. The molecule has 3 nitrogen and oxygen atoms in total. The molecule has 0 aromatic heterocycles. The summed E-state index contributed by atoms with van der Waals surface area (Å²) >= 11 is 0. The van der Waals surface area contributed by atoms with Crippen LogP contribution in [0.5, 0.6) is 5.75 Å². The van der Waals surface area contributed by atoms with Crippen LogP contribution in [-0.4, -0.2) is 26.9 Å². The number of hydrogen-bond acceptors (Lipinski definition) is 3. The van der Waals surface area contributed by atoms with Crippen molar-refractivity contribution < 1.29 is 9.47 Å². The summed E-state index contributed by atoms with van der Waals surface area (Å²) in [5, 5.41) is 3.67. The molecular formula is C16H25NO2. The highest BCUT2D eigenvalue weighted by Gasteiger charge is 2.31. The van der Waals surface area contributed by atoms with Gasteiger partial charge in [0.2, 0.25) is 0 Å². The van der Waals surface area contributed by atoms with Crippen LogP contribution in [0.25, 0.3) is 0 Å². The average Bonchev–Trinajstić information content (AvgIpc) is 3.28. The number of benzene rings is 1. The Bertz CT molecular complexity index is 360. The third-order valence-electron chi connectivity index (χ3n) is 3.60. The van der Waals surface area contributed by atoms with Crippen molar-refractivity contribution in [3.63, 3.8) is 0 Å². The maximum absolute atomic E-state index is 5.37. The van der Waals surface area contributed by atoms with Gasteiger partial charge in [0, 0.05) is 19.3 Å². The van der Waals surface area contributed by atoms with Crippen molar-refractivity contribution in [3.05, 3.63) is 29.8 Å². The molecule has 1 saturated carbocycles. The van der Waals surface area contributed by atoms with Crippen LogP contribution in [-0.2, 0) is 4.74 Å². The minimum absolute atomic E-state index is 0.493. The fraction of sp³-hybridized carbons (Fsp3) is 0.625. The van der Waals surface area contributed by atoms with Crippen molar-refractivity contribution >= 4 is 0 Å². The summed E-state index contributed by atoms with van der Waals surface area (Å²) in [7, 11) is 1.71. The minimum Gasteiger partial charge on any atom is -0.497 e. The van der Waals surface area contributed by atoms with Gasteiger partial charge in [-0.15, -0.1) is 0 Å². The minimum atomic E-state index is 0.493. The van der Waals surface area contributed by atoms with Crippen LogP contribution >= 0.6 is 0 Å². The molecular weight excluding hydrogens is 238 g/mol. The molecule has 3 heteroatoms. The van der Waals surface area contributed by atoms with Gasteiger partial charge in [-0.3, -0.25) is 0 Å². The number of nitrogens with one attached hydrogen (secondary N) is 1. The molecule has 1 aliphatic rings. The van der Waals surface area contributed by atoms with Crippen molar-refractivity contribution in [1.82, 2.24) is 5.32 Å². The number of hydrogen-bond donors (Lipinski definition) is 1. The predicted molar refractivity (Wildman–Crippen MR) is 77.6 cm³/mol. The first kappa shape index (κ1) is 14.4. The Kier molecular flexibility index (Phi) is 5.67. The van der Waals surface area contributed by atoms with Gasteiger partial charge >= 0.3 is 0 Å². The topological polar surface area (TPSA) is 30.5 Å². The molecule has 2 rings (SSSR count). The molecule has 0 amide bonds. The Labute approximate surface area is 116 Å². The highest BCUT2D eigenvalue weighted by Crippen LogP contribution is 2.41. The predicted octanol–water partition coefficient (Wildman–Crippen LogP) is 3.16. The van der Waals surface area contributed by atoms with E-state index in [4.69, 9.17) is 9.47 Å². The Morgan fingerprint density at radius 3 is 2.58 bits per heavy atom. The number of methoxy groups -OCH3 is 1. The molecule has 1 aromatic carbocycles. The summed E-state index contributed by atoms with van der Waals surface area (Å²) in [6.07, 6.45) is 3.76. The second-order valence-corrected chi connectivity index (χ2v) is 5.09. The third kappa shape index (κ3) is 4.51. The molecule has 0 bridgehead atoms.